The molecule has 0 aliphatic carbocycles. The summed E-state index contributed by atoms with van der Waals surface area (Å²) in [7, 11) is 4.11. The van der Waals surface area contributed by atoms with Gasteiger partial charge in [-0.3, -0.25) is 4.79 Å². The molecule has 0 fully saturated rings. The molecule has 0 radical (unpaired) electrons. The lowest BCUT2D eigenvalue weighted by Crippen LogP contribution is -2.22. The molecule has 4 heteroatoms. The highest BCUT2D eigenvalue weighted by molar-refractivity contribution is 7.21. The van der Waals surface area contributed by atoms with Crippen molar-refractivity contribution in [3.8, 4) is 0 Å². The Hall–Kier alpha value is -2.17. The molecule has 3 nitrogen and oxygen atoms in total. The van der Waals surface area contributed by atoms with Crippen LogP contribution in [0.2, 0.25) is 0 Å². The molecule has 24 heavy (non-hydrogen) atoms. The first-order chi connectivity index (χ1) is 11.5. The van der Waals surface area contributed by atoms with Crippen molar-refractivity contribution in [1.82, 2.24) is 10.2 Å². The van der Waals surface area contributed by atoms with Gasteiger partial charge in [-0.2, -0.15) is 0 Å². The summed E-state index contributed by atoms with van der Waals surface area (Å²) in [5.74, 6) is 0.00562. The molecule has 1 amide bonds. The van der Waals surface area contributed by atoms with Crippen molar-refractivity contribution < 1.29 is 4.79 Å². The number of amides is 1. The zero-order chi connectivity index (χ0) is 17.1. The van der Waals surface area contributed by atoms with Crippen LogP contribution in [0.4, 0.5) is 0 Å². The summed E-state index contributed by atoms with van der Waals surface area (Å²) in [5, 5.41) is 4.21. The lowest BCUT2D eigenvalue weighted by molar-refractivity contribution is 0.0954. The van der Waals surface area contributed by atoms with Crippen molar-refractivity contribution in [1.29, 1.82) is 0 Å². The van der Waals surface area contributed by atoms with Gasteiger partial charge in [-0.15, -0.1) is 11.3 Å². The maximum absolute atomic E-state index is 12.5. The third kappa shape index (κ3) is 3.66. The minimum absolute atomic E-state index is 0.00562. The van der Waals surface area contributed by atoms with Crippen molar-refractivity contribution in [2.75, 3.05) is 14.1 Å². The highest BCUT2D eigenvalue weighted by Gasteiger charge is 2.14. The Balaban J connectivity index is 1.67. The van der Waals surface area contributed by atoms with Gasteiger partial charge in [-0.05, 0) is 49.2 Å². The third-order valence-corrected chi connectivity index (χ3v) is 5.30. The Labute approximate surface area is 146 Å². The Morgan fingerprint density at radius 3 is 2.38 bits per heavy atom. The zero-order valence-corrected chi connectivity index (χ0v) is 15.1. The summed E-state index contributed by atoms with van der Waals surface area (Å²) in [6, 6.07) is 16.6. The predicted octanol–water partition coefficient (Wildman–Crippen LogP) is 4.20. The molecule has 1 heterocycles. The van der Waals surface area contributed by atoms with Gasteiger partial charge < -0.3 is 10.2 Å². The molecule has 1 aromatic heterocycles. The van der Waals surface area contributed by atoms with E-state index in [0.717, 1.165) is 27.2 Å². The highest BCUT2D eigenvalue weighted by Crippen LogP contribution is 2.30. The van der Waals surface area contributed by atoms with Gasteiger partial charge in [-0.1, -0.05) is 42.5 Å². The molecular formula is C20H22N2OS. The fourth-order valence-electron chi connectivity index (χ4n) is 2.78. The van der Waals surface area contributed by atoms with E-state index in [1.807, 2.05) is 19.1 Å². The van der Waals surface area contributed by atoms with Crippen molar-refractivity contribution in [2.24, 2.45) is 0 Å². The number of carbonyl (C=O) groups is 1. The van der Waals surface area contributed by atoms with Crippen LogP contribution in [-0.4, -0.2) is 24.9 Å². The maximum atomic E-state index is 12.5. The van der Waals surface area contributed by atoms with Crippen LogP contribution in [0.15, 0.2) is 48.5 Å². The monoisotopic (exact) mass is 338 g/mol. The molecule has 0 bridgehead atoms. The fourth-order valence-corrected chi connectivity index (χ4v) is 3.91. The normalized spacial score (nSPS) is 11.2. The summed E-state index contributed by atoms with van der Waals surface area (Å²) in [6.45, 7) is 3.49. The van der Waals surface area contributed by atoms with Gasteiger partial charge in [0, 0.05) is 17.8 Å². The quantitative estimate of drug-likeness (QED) is 0.756. The van der Waals surface area contributed by atoms with E-state index in [1.54, 1.807) is 11.3 Å². The first kappa shape index (κ1) is 16.7. The van der Waals surface area contributed by atoms with Gasteiger partial charge in [0.15, 0.2) is 0 Å². The fraction of sp³-hybridized carbons (Fsp3) is 0.250. The van der Waals surface area contributed by atoms with Crippen LogP contribution < -0.4 is 5.32 Å². The second-order valence-corrected chi connectivity index (χ2v) is 7.34. The smallest absolute Gasteiger partial charge is 0.261 e. The summed E-state index contributed by atoms with van der Waals surface area (Å²) in [5.41, 5.74) is 3.45. The van der Waals surface area contributed by atoms with Crippen LogP contribution in [0, 0.1) is 6.92 Å². The molecule has 1 N–H and O–H groups in total. The molecule has 124 valence electrons. The van der Waals surface area contributed by atoms with Crippen molar-refractivity contribution in [3.05, 3.63) is 70.1 Å². The van der Waals surface area contributed by atoms with Crippen molar-refractivity contribution >= 4 is 27.3 Å². The summed E-state index contributed by atoms with van der Waals surface area (Å²) >= 11 is 1.56. The van der Waals surface area contributed by atoms with Crippen molar-refractivity contribution in [3.63, 3.8) is 0 Å². The van der Waals surface area contributed by atoms with E-state index in [9.17, 15) is 4.79 Å². The number of benzene rings is 2. The minimum Gasteiger partial charge on any atom is -0.347 e. The Kier molecular flexibility index (Phi) is 4.97. The number of rotatable bonds is 5. The van der Waals surface area contributed by atoms with E-state index < -0.39 is 0 Å². The van der Waals surface area contributed by atoms with Crippen LogP contribution in [0.5, 0.6) is 0 Å². The molecule has 2 aromatic carbocycles. The average Bonchev–Trinajstić information content (AvgIpc) is 2.91. The molecule has 3 rings (SSSR count). The van der Waals surface area contributed by atoms with Crippen LogP contribution in [0.3, 0.4) is 0 Å². The number of fused-ring (bicyclic) bond motifs is 1. The van der Waals surface area contributed by atoms with Crippen LogP contribution in [0.1, 0.15) is 26.4 Å². The molecular weight excluding hydrogens is 316 g/mol. The maximum Gasteiger partial charge on any atom is 0.261 e. The van der Waals surface area contributed by atoms with E-state index in [4.69, 9.17) is 0 Å². The zero-order valence-electron chi connectivity index (χ0n) is 14.3. The standard InChI is InChI=1S/C20H22N2OS/c1-14-17-6-4-5-7-18(17)24-19(14)20(23)21-12-15-8-10-16(11-9-15)13-22(2)3/h4-11H,12-13H2,1-3H3,(H,21,23). The molecule has 0 atom stereocenters. The van der Waals surface area contributed by atoms with E-state index in [0.29, 0.717) is 6.54 Å². The predicted molar refractivity (Wildman–Crippen MR) is 102 cm³/mol. The van der Waals surface area contributed by atoms with E-state index in [-0.39, 0.29) is 5.91 Å². The van der Waals surface area contributed by atoms with Gasteiger partial charge in [-0.25, -0.2) is 0 Å². The number of thiophene rings is 1. The number of carbonyl (C=O) groups excluding carboxylic acids is 1. The number of nitrogens with one attached hydrogen (secondary N) is 1. The first-order valence-corrected chi connectivity index (χ1v) is 8.85. The van der Waals surface area contributed by atoms with Gasteiger partial charge in [0.05, 0.1) is 4.88 Å². The molecule has 0 aliphatic rings. The summed E-state index contributed by atoms with van der Waals surface area (Å²) in [6.07, 6.45) is 0. The molecule has 0 spiro atoms. The lowest BCUT2D eigenvalue weighted by atomic mass is 10.1. The molecule has 3 aromatic rings. The van der Waals surface area contributed by atoms with Crippen LogP contribution in [-0.2, 0) is 13.1 Å². The van der Waals surface area contributed by atoms with Crippen LogP contribution in [0.25, 0.3) is 10.1 Å². The Bertz CT molecular complexity index is 850. The van der Waals surface area contributed by atoms with Gasteiger partial charge in [0.2, 0.25) is 0 Å². The Morgan fingerprint density at radius 1 is 1.04 bits per heavy atom. The van der Waals surface area contributed by atoms with Crippen molar-refractivity contribution in [2.45, 2.75) is 20.0 Å². The van der Waals surface area contributed by atoms with E-state index in [2.05, 4.69) is 60.7 Å². The lowest BCUT2D eigenvalue weighted by Gasteiger charge is -2.10. The summed E-state index contributed by atoms with van der Waals surface area (Å²) in [4.78, 5) is 15.5. The number of hydrogen-bond donors (Lipinski definition) is 1. The summed E-state index contributed by atoms with van der Waals surface area (Å²) < 4.78 is 1.16. The second kappa shape index (κ2) is 7.16. The second-order valence-electron chi connectivity index (χ2n) is 6.29. The van der Waals surface area contributed by atoms with Gasteiger partial charge >= 0.3 is 0 Å². The largest absolute Gasteiger partial charge is 0.347 e. The number of hydrogen-bond acceptors (Lipinski definition) is 3. The SMILES string of the molecule is Cc1c(C(=O)NCc2ccc(CN(C)C)cc2)sc2ccccc12. The first-order valence-electron chi connectivity index (χ1n) is 8.03. The Morgan fingerprint density at radius 2 is 1.71 bits per heavy atom. The molecule has 0 aliphatic heterocycles. The van der Waals surface area contributed by atoms with Crippen LogP contribution >= 0.6 is 11.3 Å². The molecule has 0 saturated heterocycles. The van der Waals surface area contributed by atoms with E-state index >= 15 is 0 Å². The topological polar surface area (TPSA) is 32.3 Å². The van der Waals surface area contributed by atoms with Gasteiger partial charge in [0.1, 0.15) is 0 Å². The minimum atomic E-state index is 0.00562. The van der Waals surface area contributed by atoms with E-state index in [1.165, 1.54) is 10.9 Å². The molecule has 0 saturated carbocycles. The average molecular weight is 338 g/mol. The number of aryl methyl sites for hydroxylation is 1. The molecule has 0 unspecified atom stereocenters. The third-order valence-electron chi connectivity index (χ3n) is 4.02. The van der Waals surface area contributed by atoms with Gasteiger partial charge in [0.25, 0.3) is 5.91 Å². The number of nitrogens with zero attached hydrogens (tertiary/aromatic N) is 1. The highest BCUT2D eigenvalue weighted by atomic mass is 32.1.